The fourth-order valence-corrected chi connectivity index (χ4v) is 2.11. The average Bonchev–Trinajstić information content (AvgIpc) is 2.01. The fourth-order valence-electron chi connectivity index (χ4n) is 0.863. The van der Waals surface area contributed by atoms with Gasteiger partial charge >= 0.3 is 0 Å². The maximum Gasteiger partial charge on any atom is 0.191 e. The van der Waals surface area contributed by atoms with Crippen molar-refractivity contribution < 1.29 is 4.43 Å². The predicted octanol–water partition coefficient (Wildman–Crippen LogP) is 4.57. The molecular formula is C11H25BrOSi. The van der Waals surface area contributed by atoms with E-state index in [-0.39, 0.29) is 0 Å². The van der Waals surface area contributed by atoms with Crippen LogP contribution >= 0.6 is 15.9 Å². The molecule has 0 aliphatic carbocycles. The molecule has 0 aliphatic rings. The van der Waals surface area contributed by atoms with Crippen molar-refractivity contribution in [3.8, 4) is 0 Å². The van der Waals surface area contributed by atoms with Crippen LogP contribution in [0.2, 0.25) is 18.1 Å². The van der Waals surface area contributed by atoms with Crippen LogP contribution < -0.4 is 0 Å². The Kier molecular flexibility index (Phi) is 5.93. The van der Waals surface area contributed by atoms with Crippen LogP contribution in [0.1, 0.15) is 40.5 Å². The zero-order valence-corrected chi connectivity index (χ0v) is 13.1. The molecule has 0 N–H and O–H groups in total. The Bertz CT molecular complexity index is 163. The first kappa shape index (κ1) is 14.7. The van der Waals surface area contributed by atoms with E-state index in [0.717, 1.165) is 13.0 Å². The first-order valence-corrected chi connectivity index (χ1v) is 9.31. The Morgan fingerprint density at radius 2 is 1.79 bits per heavy atom. The summed E-state index contributed by atoms with van der Waals surface area (Å²) < 4.78 is 6.08. The molecule has 0 aromatic heterocycles. The molecule has 1 unspecified atom stereocenters. The molecule has 0 heterocycles. The van der Waals surface area contributed by atoms with Gasteiger partial charge in [0.15, 0.2) is 8.32 Å². The van der Waals surface area contributed by atoms with Crippen molar-refractivity contribution >= 4 is 24.2 Å². The van der Waals surface area contributed by atoms with Gasteiger partial charge in [-0.1, -0.05) is 43.6 Å². The highest BCUT2D eigenvalue weighted by Crippen LogP contribution is 2.36. The monoisotopic (exact) mass is 280 g/mol. The van der Waals surface area contributed by atoms with Gasteiger partial charge in [-0.3, -0.25) is 0 Å². The summed E-state index contributed by atoms with van der Waals surface area (Å²) in [5, 5.41) is 0.334. The maximum atomic E-state index is 6.08. The van der Waals surface area contributed by atoms with Crippen molar-refractivity contribution in [1.29, 1.82) is 0 Å². The van der Waals surface area contributed by atoms with Gasteiger partial charge < -0.3 is 4.43 Å². The van der Waals surface area contributed by atoms with Crippen LogP contribution in [-0.4, -0.2) is 19.8 Å². The van der Waals surface area contributed by atoms with E-state index in [9.17, 15) is 0 Å². The summed E-state index contributed by atoms with van der Waals surface area (Å²) in [5.74, 6) is 0. The van der Waals surface area contributed by atoms with Gasteiger partial charge in [0.25, 0.3) is 0 Å². The standard InChI is InChI=1S/C11H25BrOSi/c1-7-10(12)8-9-13-14(5,6)11(2,3)4/h10H,7-9H2,1-6H3. The highest BCUT2D eigenvalue weighted by molar-refractivity contribution is 9.09. The maximum absolute atomic E-state index is 6.08. The summed E-state index contributed by atoms with van der Waals surface area (Å²) in [6.45, 7) is 14.6. The van der Waals surface area contributed by atoms with Gasteiger partial charge in [0.1, 0.15) is 0 Å². The zero-order valence-electron chi connectivity index (χ0n) is 10.5. The van der Waals surface area contributed by atoms with Crippen LogP contribution in [0.15, 0.2) is 0 Å². The number of rotatable bonds is 5. The number of halogens is 1. The van der Waals surface area contributed by atoms with Crippen LogP contribution in [0, 0.1) is 0 Å². The Morgan fingerprint density at radius 1 is 1.29 bits per heavy atom. The van der Waals surface area contributed by atoms with Gasteiger partial charge in [-0.05, 0) is 31.0 Å². The average molecular weight is 281 g/mol. The molecule has 0 rings (SSSR count). The van der Waals surface area contributed by atoms with Crippen LogP contribution in [-0.2, 0) is 4.43 Å². The fraction of sp³-hybridized carbons (Fsp3) is 1.00. The van der Waals surface area contributed by atoms with Gasteiger partial charge in [-0.25, -0.2) is 0 Å². The summed E-state index contributed by atoms with van der Waals surface area (Å²) in [6, 6.07) is 0. The van der Waals surface area contributed by atoms with Crippen LogP contribution in [0.5, 0.6) is 0 Å². The van der Waals surface area contributed by atoms with E-state index in [1.54, 1.807) is 0 Å². The first-order chi connectivity index (χ1) is 6.20. The lowest BCUT2D eigenvalue weighted by Gasteiger charge is -2.36. The van der Waals surface area contributed by atoms with Gasteiger partial charge in [0.05, 0.1) is 0 Å². The molecular weight excluding hydrogens is 256 g/mol. The minimum absolute atomic E-state index is 0.334. The highest BCUT2D eigenvalue weighted by Gasteiger charge is 2.36. The van der Waals surface area contributed by atoms with E-state index in [1.165, 1.54) is 6.42 Å². The molecule has 0 saturated heterocycles. The molecule has 0 aromatic carbocycles. The van der Waals surface area contributed by atoms with E-state index in [1.807, 2.05) is 0 Å². The SMILES string of the molecule is CCC(Br)CCO[Si](C)(C)C(C)(C)C. The molecule has 14 heavy (non-hydrogen) atoms. The van der Waals surface area contributed by atoms with Crippen molar-refractivity contribution in [3.05, 3.63) is 0 Å². The van der Waals surface area contributed by atoms with E-state index < -0.39 is 8.32 Å². The predicted molar refractivity (Wildman–Crippen MR) is 70.8 cm³/mol. The molecule has 0 amide bonds. The molecule has 0 radical (unpaired) electrons. The number of alkyl halides is 1. The van der Waals surface area contributed by atoms with Crippen molar-refractivity contribution in [2.75, 3.05) is 6.61 Å². The second-order valence-corrected chi connectivity index (χ2v) is 11.5. The van der Waals surface area contributed by atoms with Crippen LogP contribution in [0.3, 0.4) is 0 Å². The molecule has 0 saturated carbocycles. The Balaban J connectivity index is 3.89. The van der Waals surface area contributed by atoms with Gasteiger partial charge in [-0.15, -0.1) is 0 Å². The van der Waals surface area contributed by atoms with Crippen LogP contribution in [0.25, 0.3) is 0 Å². The van der Waals surface area contributed by atoms with Crippen molar-refractivity contribution in [3.63, 3.8) is 0 Å². The largest absolute Gasteiger partial charge is 0.417 e. The molecule has 86 valence electrons. The van der Waals surface area contributed by atoms with E-state index >= 15 is 0 Å². The third-order valence-corrected chi connectivity index (χ3v) is 8.79. The van der Waals surface area contributed by atoms with E-state index in [2.05, 4.69) is 56.7 Å². The second kappa shape index (κ2) is 5.66. The third kappa shape index (κ3) is 4.94. The van der Waals surface area contributed by atoms with E-state index in [4.69, 9.17) is 4.43 Å². The summed E-state index contributed by atoms with van der Waals surface area (Å²) in [4.78, 5) is 0.618. The van der Waals surface area contributed by atoms with E-state index in [0.29, 0.717) is 9.87 Å². The van der Waals surface area contributed by atoms with Gasteiger partial charge in [0, 0.05) is 11.4 Å². The molecule has 1 nitrogen and oxygen atoms in total. The smallest absolute Gasteiger partial charge is 0.191 e. The Labute approximate surface area is 98.9 Å². The summed E-state index contributed by atoms with van der Waals surface area (Å²) in [7, 11) is -1.51. The summed E-state index contributed by atoms with van der Waals surface area (Å²) >= 11 is 3.63. The third-order valence-electron chi connectivity index (χ3n) is 3.14. The minimum atomic E-state index is -1.51. The van der Waals surface area contributed by atoms with Crippen molar-refractivity contribution in [2.24, 2.45) is 0 Å². The van der Waals surface area contributed by atoms with Crippen LogP contribution in [0.4, 0.5) is 0 Å². The first-order valence-electron chi connectivity index (χ1n) is 5.48. The molecule has 0 spiro atoms. The van der Waals surface area contributed by atoms with Crippen molar-refractivity contribution in [1.82, 2.24) is 0 Å². The number of hydrogen-bond acceptors (Lipinski definition) is 1. The molecule has 0 aromatic rings. The molecule has 3 heteroatoms. The normalized spacial score (nSPS) is 15.6. The topological polar surface area (TPSA) is 9.23 Å². The molecule has 0 aliphatic heterocycles. The Morgan fingerprint density at radius 3 is 2.14 bits per heavy atom. The second-order valence-electron chi connectivity index (χ2n) is 5.40. The highest BCUT2D eigenvalue weighted by atomic mass is 79.9. The van der Waals surface area contributed by atoms with Crippen molar-refractivity contribution in [2.45, 2.75) is 63.5 Å². The molecule has 1 atom stereocenters. The minimum Gasteiger partial charge on any atom is -0.417 e. The molecule has 0 bridgehead atoms. The van der Waals surface area contributed by atoms with Gasteiger partial charge in [-0.2, -0.15) is 0 Å². The number of hydrogen-bond donors (Lipinski definition) is 0. The summed E-state index contributed by atoms with van der Waals surface area (Å²) in [5.41, 5.74) is 0. The quantitative estimate of drug-likeness (QED) is 0.530. The zero-order chi connectivity index (χ0) is 11.4. The molecule has 0 fully saturated rings. The lowest BCUT2D eigenvalue weighted by atomic mass is 10.2. The Hall–Kier alpha value is 0.657. The van der Waals surface area contributed by atoms with Gasteiger partial charge in [0.2, 0.25) is 0 Å². The summed E-state index contributed by atoms with van der Waals surface area (Å²) in [6.07, 6.45) is 2.31. The lowest BCUT2D eigenvalue weighted by Crippen LogP contribution is -2.41. The lowest BCUT2D eigenvalue weighted by molar-refractivity contribution is 0.281.